The lowest BCUT2D eigenvalue weighted by atomic mass is 10.2. The van der Waals surface area contributed by atoms with Gasteiger partial charge < -0.3 is 10.2 Å². The maximum Gasteiger partial charge on any atom is 0.317 e. The first-order chi connectivity index (χ1) is 12.3. The summed E-state index contributed by atoms with van der Waals surface area (Å²) in [5.41, 5.74) is 2.23. The van der Waals surface area contributed by atoms with Gasteiger partial charge in [-0.25, -0.2) is 4.79 Å². The van der Waals surface area contributed by atoms with E-state index in [1.54, 1.807) is 12.4 Å². The van der Waals surface area contributed by atoms with E-state index in [0.717, 1.165) is 38.3 Å². The fraction of sp³-hybridized carbons (Fsp3) is 0.300. The van der Waals surface area contributed by atoms with Crippen LogP contribution in [-0.2, 0) is 6.54 Å². The van der Waals surface area contributed by atoms with Crippen molar-refractivity contribution >= 4 is 12.1 Å². The molecule has 25 heavy (non-hydrogen) atoms. The van der Waals surface area contributed by atoms with Gasteiger partial charge in [0, 0.05) is 51.7 Å². The first-order valence-corrected chi connectivity index (χ1v) is 8.67. The van der Waals surface area contributed by atoms with E-state index in [4.69, 9.17) is 0 Å². The molecule has 1 saturated heterocycles. The molecule has 1 aliphatic rings. The maximum atomic E-state index is 12.2. The molecule has 2 amide bonds. The first kappa shape index (κ1) is 17.2. The van der Waals surface area contributed by atoms with Crippen LogP contribution in [-0.4, -0.2) is 53.5 Å². The molecule has 1 aromatic heterocycles. The molecular formula is C20H24N4O. The van der Waals surface area contributed by atoms with E-state index in [1.807, 2.05) is 35.2 Å². The molecule has 1 aliphatic heterocycles. The van der Waals surface area contributed by atoms with Gasteiger partial charge in [-0.15, -0.1) is 0 Å². The van der Waals surface area contributed by atoms with Gasteiger partial charge in [-0.2, -0.15) is 0 Å². The van der Waals surface area contributed by atoms with Crippen LogP contribution >= 0.6 is 0 Å². The minimum Gasteiger partial charge on any atom is -0.334 e. The molecule has 1 N–H and O–H groups in total. The number of benzene rings is 1. The number of carbonyl (C=O) groups is 1. The highest BCUT2D eigenvalue weighted by Gasteiger charge is 2.19. The third-order valence-corrected chi connectivity index (χ3v) is 4.30. The van der Waals surface area contributed by atoms with Crippen LogP contribution in [0.2, 0.25) is 0 Å². The van der Waals surface area contributed by atoms with Gasteiger partial charge in [0.2, 0.25) is 0 Å². The number of hydrogen-bond acceptors (Lipinski definition) is 3. The summed E-state index contributed by atoms with van der Waals surface area (Å²) < 4.78 is 0. The van der Waals surface area contributed by atoms with E-state index >= 15 is 0 Å². The van der Waals surface area contributed by atoms with E-state index in [2.05, 4.69) is 39.5 Å². The van der Waals surface area contributed by atoms with Gasteiger partial charge in [0.1, 0.15) is 0 Å². The molecular weight excluding hydrogens is 312 g/mol. The molecule has 0 spiro atoms. The number of nitrogens with zero attached hydrogens (tertiary/aromatic N) is 3. The molecule has 0 unspecified atom stereocenters. The van der Waals surface area contributed by atoms with Gasteiger partial charge in [-0.05, 0) is 17.2 Å². The van der Waals surface area contributed by atoms with E-state index in [-0.39, 0.29) is 6.03 Å². The minimum absolute atomic E-state index is 0.00308. The zero-order chi connectivity index (χ0) is 17.3. The predicted molar refractivity (Wildman–Crippen MR) is 100.0 cm³/mol. The molecule has 3 rings (SSSR count). The minimum atomic E-state index is 0.00308. The van der Waals surface area contributed by atoms with Crippen LogP contribution in [0.5, 0.6) is 0 Å². The van der Waals surface area contributed by atoms with Crippen molar-refractivity contribution in [1.29, 1.82) is 0 Å². The van der Waals surface area contributed by atoms with Gasteiger partial charge in [-0.1, -0.05) is 48.6 Å². The number of nitrogens with one attached hydrogen (secondary N) is 1. The highest BCUT2D eigenvalue weighted by Crippen LogP contribution is 2.05. The zero-order valence-corrected chi connectivity index (χ0v) is 14.3. The smallest absolute Gasteiger partial charge is 0.317 e. The number of piperazine rings is 1. The summed E-state index contributed by atoms with van der Waals surface area (Å²) in [6.07, 6.45) is 7.84. The van der Waals surface area contributed by atoms with E-state index < -0.39 is 0 Å². The van der Waals surface area contributed by atoms with Crippen molar-refractivity contribution in [2.45, 2.75) is 6.54 Å². The molecule has 2 heterocycles. The molecule has 5 nitrogen and oxygen atoms in total. The number of urea groups is 1. The van der Waals surface area contributed by atoms with Crippen LogP contribution < -0.4 is 5.32 Å². The van der Waals surface area contributed by atoms with Crippen LogP contribution in [0.1, 0.15) is 11.1 Å². The molecule has 1 fully saturated rings. The zero-order valence-electron chi connectivity index (χ0n) is 14.3. The summed E-state index contributed by atoms with van der Waals surface area (Å²) >= 11 is 0. The van der Waals surface area contributed by atoms with Crippen molar-refractivity contribution in [3.05, 3.63) is 72.1 Å². The van der Waals surface area contributed by atoms with Crippen molar-refractivity contribution in [3.63, 3.8) is 0 Å². The average Bonchev–Trinajstić information content (AvgIpc) is 2.68. The monoisotopic (exact) mass is 336 g/mol. The third kappa shape index (κ3) is 5.43. The number of amides is 2. The van der Waals surface area contributed by atoms with Crippen molar-refractivity contribution in [3.8, 4) is 0 Å². The molecule has 0 bridgehead atoms. The van der Waals surface area contributed by atoms with Crippen LogP contribution in [0.3, 0.4) is 0 Å². The summed E-state index contributed by atoms with van der Waals surface area (Å²) in [7, 11) is 0. The fourth-order valence-corrected chi connectivity index (χ4v) is 2.83. The Morgan fingerprint density at radius 2 is 1.88 bits per heavy atom. The number of hydrogen-bond donors (Lipinski definition) is 1. The Hall–Kier alpha value is -2.66. The third-order valence-electron chi connectivity index (χ3n) is 4.30. The van der Waals surface area contributed by atoms with E-state index in [1.165, 1.54) is 5.56 Å². The van der Waals surface area contributed by atoms with Crippen molar-refractivity contribution in [2.75, 3.05) is 32.7 Å². The SMILES string of the molecule is O=C(NCc1cccnc1)N1CCN(C/C=C/c2ccccc2)CC1. The summed E-state index contributed by atoms with van der Waals surface area (Å²) in [4.78, 5) is 20.5. The lowest BCUT2D eigenvalue weighted by Crippen LogP contribution is -2.51. The second kappa shape index (κ2) is 8.99. The lowest BCUT2D eigenvalue weighted by molar-refractivity contribution is 0.146. The van der Waals surface area contributed by atoms with Crippen molar-refractivity contribution in [2.24, 2.45) is 0 Å². The number of aromatic nitrogens is 1. The van der Waals surface area contributed by atoms with E-state index in [0.29, 0.717) is 6.54 Å². The van der Waals surface area contributed by atoms with Crippen LogP contribution in [0.25, 0.3) is 6.08 Å². The standard InChI is InChI=1S/C20H24N4O/c25-20(22-17-19-8-4-10-21-16-19)24-14-12-23(13-15-24)11-5-9-18-6-2-1-3-7-18/h1-10,16H,11-15,17H2,(H,22,25)/b9-5+. The molecule has 0 saturated carbocycles. The second-order valence-electron chi connectivity index (χ2n) is 6.12. The molecule has 0 atom stereocenters. The Bertz CT molecular complexity index is 679. The summed E-state index contributed by atoms with van der Waals surface area (Å²) in [6.45, 7) is 4.77. The molecule has 0 aliphatic carbocycles. The lowest BCUT2D eigenvalue weighted by Gasteiger charge is -2.34. The van der Waals surface area contributed by atoms with Crippen molar-refractivity contribution < 1.29 is 4.79 Å². The molecule has 1 aromatic carbocycles. The topological polar surface area (TPSA) is 48.5 Å². The van der Waals surface area contributed by atoms with Gasteiger partial charge in [0.25, 0.3) is 0 Å². The van der Waals surface area contributed by atoms with Crippen molar-refractivity contribution in [1.82, 2.24) is 20.1 Å². The van der Waals surface area contributed by atoms with Crippen LogP contribution in [0.15, 0.2) is 60.9 Å². The number of pyridine rings is 1. The molecule has 5 heteroatoms. The van der Waals surface area contributed by atoms with Gasteiger partial charge in [-0.3, -0.25) is 9.88 Å². The Kier molecular flexibility index (Phi) is 6.17. The predicted octanol–water partition coefficient (Wildman–Crippen LogP) is 2.62. The Labute approximate surface area is 149 Å². The molecule has 130 valence electrons. The Balaban J connectivity index is 1.38. The Morgan fingerprint density at radius 3 is 2.60 bits per heavy atom. The average molecular weight is 336 g/mol. The fourth-order valence-electron chi connectivity index (χ4n) is 2.83. The summed E-state index contributed by atoms with van der Waals surface area (Å²) in [5, 5.41) is 2.96. The number of rotatable bonds is 5. The summed E-state index contributed by atoms with van der Waals surface area (Å²) in [5.74, 6) is 0. The van der Waals surface area contributed by atoms with Crippen LogP contribution in [0.4, 0.5) is 4.79 Å². The van der Waals surface area contributed by atoms with Gasteiger partial charge in [0.05, 0.1) is 0 Å². The number of carbonyl (C=O) groups excluding carboxylic acids is 1. The molecule has 2 aromatic rings. The second-order valence-corrected chi connectivity index (χ2v) is 6.12. The normalized spacial score (nSPS) is 15.4. The van der Waals surface area contributed by atoms with Gasteiger partial charge in [0.15, 0.2) is 0 Å². The maximum absolute atomic E-state index is 12.2. The highest BCUT2D eigenvalue weighted by molar-refractivity contribution is 5.74. The van der Waals surface area contributed by atoms with Gasteiger partial charge >= 0.3 is 6.03 Å². The highest BCUT2D eigenvalue weighted by atomic mass is 16.2. The first-order valence-electron chi connectivity index (χ1n) is 8.67. The Morgan fingerprint density at radius 1 is 1.08 bits per heavy atom. The van der Waals surface area contributed by atoms with Crippen LogP contribution in [0, 0.1) is 0 Å². The van der Waals surface area contributed by atoms with E-state index in [9.17, 15) is 4.79 Å². The quantitative estimate of drug-likeness (QED) is 0.913. The summed E-state index contributed by atoms with van der Waals surface area (Å²) in [6, 6.07) is 14.2. The largest absolute Gasteiger partial charge is 0.334 e. The molecule has 0 radical (unpaired) electrons.